The number of ether oxygens (including phenoxy) is 3. The summed E-state index contributed by atoms with van der Waals surface area (Å²) in [5, 5.41) is 2.41. The molecule has 7 nitrogen and oxygen atoms in total. The summed E-state index contributed by atoms with van der Waals surface area (Å²) in [6.45, 7) is 0.246. The summed E-state index contributed by atoms with van der Waals surface area (Å²) in [7, 11) is 1.20. The monoisotopic (exact) mass is 229 g/mol. The van der Waals surface area contributed by atoms with Crippen LogP contribution in [-0.2, 0) is 23.8 Å². The number of amides is 1. The van der Waals surface area contributed by atoms with E-state index in [-0.39, 0.29) is 6.61 Å². The van der Waals surface area contributed by atoms with E-state index >= 15 is 0 Å². The molecule has 1 fully saturated rings. The van der Waals surface area contributed by atoms with Crippen molar-refractivity contribution in [3.05, 3.63) is 12.2 Å². The Morgan fingerprint density at radius 2 is 2.19 bits per heavy atom. The highest BCUT2D eigenvalue weighted by molar-refractivity contribution is 5.91. The normalized spacial score (nSPS) is 19.1. The van der Waals surface area contributed by atoms with E-state index < -0.39 is 24.1 Å². The van der Waals surface area contributed by atoms with E-state index in [0.717, 1.165) is 12.2 Å². The van der Waals surface area contributed by atoms with Crippen LogP contribution in [0, 0.1) is 0 Å². The average Bonchev–Trinajstić information content (AvgIpc) is 2.69. The van der Waals surface area contributed by atoms with Crippen molar-refractivity contribution < 1.29 is 28.6 Å². The third-order valence-corrected chi connectivity index (χ3v) is 1.72. The van der Waals surface area contributed by atoms with Gasteiger partial charge in [0.1, 0.15) is 6.61 Å². The molecule has 0 aromatic heterocycles. The standard InChI is InChI=1S/C9H11NO6/c1-14-7(11)2-3-8(12)15-5-6-4-10-9(13)16-6/h2-3,6H,4-5H2,1H3,(H,10,13)/b3-2+/t6-/m1/s1. The summed E-state index contributed by atoms with van der Waals surface area (Å²) in [4.78, 5) is 32.3. The maximum Gasteiger partial charge on any atom is 0.407 e. The van der Waals surface area contributed by atoms with Gasteiger partial charge in [-0.2, -0.15) is 0 Å². The summed E-state index contributed by atoms with van der Waals surface area (Å²) in [5.41, 5.74) is 0. The average molecular weight is 229 g/mol. The van der Waals surface area contributed by atoms with E-state index in [0.29, 0.717) is 6.54 Å². The maximum absolute atomic E-state index is 11.0. The summed E-state index contributed by atoms with van der Waals surface area (Å²) in [5.74, 6) is -1.35. The molecular weight excluding hydrogens is 218 g/mol. The first-order chi connectivity index (χ1) is 7.61. The first-order valence-electron chi connectivity index (χ1n) is 4.49. The number of methoxy groups -OCH3 is 1. The molecule has 1 saturated heterocycles. The van der Waals surface area contributed by atoms with Gasteiger partial charge in [-0.15, -0.1) is 0 Å². The molecule has 1 rings (SSSR count). The highest BCUT2D eigenvalue weighted by Gasteiger charge is 2.23. The lowest BCUT2D eigenvalue weighted by Crippen LogP contribution is -2.21. The molecular formula is C9H11NO6. The Kier molecular flexibility index (Phi) is 4.31. The van der Waals surface area contributed by atoms with Gasteiger partial charge >= 0.3 is 18.0 Å². The second-order valence-corrected chi connectivity index (χ2v) is 2.89. The van der Waals surface area contributed by atoms with Crippen molar-refractivity contribution in [3.8, 4) is 0 Å². The second-order valence-electron chi connectivity index (χ2n) is 2.89. The largest absolute Gasteiger partial charge is 0.466 e. The topological polar surface area (TPSA) is 90.9 Å². The van der Waals surface area contributed by atoms with Gasteiger partial charge in [-0.1, -0.05) is 0 Å². The van der Waals surface area contributed by atoms with E-state index in [1.165, 1.54) is 7.11 Å². The van der Waals surface area contributed by atoms with Gasteiger partial charge in [0.15, 0.2) is 6.10 Å². The predicted octanol–water partition coefficient (Wildman–Crippen LogP) is -0.633. The first kappa shape index (κ1) is 12.0. The second kappa shape index (κ2) is 5.74. The molecule has 0 aliphatic carbocycles. The minimum atomic E-state index is -0.701. The number of carbonyl (C=O) groups excluding carboxylic acids is 3. The predicted molar refractivity (Wildman–Crippen MR) is 50.4 cm³/mol. The zero-order chi connectivity index (χ0) is 12.0. The van der Waals surface area contributed by atoms with Gasteiger partial charge in [0.2, 0.25) is 0 Å². The molecule has 16 heavy (non-hydrogen) atoms. The van der Waals surface area contributed by atoms with Crippen LogP contribution in [0.25, 0.3) is 0 Å². The zero-order valence-corrected chi connectivity index (χ0v) is 8.60. The highest BCUT2D eigenvalue weighted by atomic mass is 16.6. The van der Waals surface area contributed by atoms with Crippen molar-refractivity contribution >= 4 is 18.0 Å². The third kappa shape index (κ3) is 3.99. The van der Waals surface area contributed by atoms with Crippen LogP contribution < -0.4 is 5.32 Å². The molecule has 88 valence electrons. The lowest BCUT2D eigenvalue weighted by Gasteiger charge is -2.06. The molecule has 0 radical (unpaired) electrons. The molecule has 0 saturated carbocycles. The minimum absolute atomic E-state index is 0.0525. The van der Waals surface area contributed by atoms with E-state index in [9.17, 15) is 14.4 Å². The van der Waals surface area contributed by atoms with Crippen LogP contribution in [0.3, 0.4) is 0 Å². The number of hydrogen-bond donors (Lipinski definition) is 1. The van der Waals surface area contributed by atoms with Gasteiger partial charge in [-0.3, -0.25) is 0 Å². The van der Waals surface area contributed by atoms with E-state index in [1.807, 2.05) is 0 Å². The lowest BCUT2D eigenvalue weighted by atomic mass is 10.4. The minimum Gasteiger partial charge on any atom is -0.466 e. The molecule has 1 aliphatic heterocycles. The Bertz CT molecular complexity index is 324. The number of rotatable bonds is 4. The molecule has 0 spiro atoms. The summed E-state index contributed by atoms with van der Waals surface area (Å²) in [6, 6.07) is 0. The maximum atomic E-state index is 11.0. The fraction of sp³-hybridized carbons (Fsp3) is 0.444. The molecule has 0 bridgehead atoms. The number of alkyl carbamates (subject to hydrolysis) is 1. The zero-order valence-electron chi connectivity index (χ0n) is 8.60. The Morgan fingerprint density at radius 3 is 2.75 bits per heavy atom. The van der Waals surface area contributed by atoms with E-state index in [2.05, 4.69) is 10.1 Å². The van der Waals surface area contributed by atoms with Crippen molar-refractivity contribution in [3.63, 3.8) is 0 Å². The number of hydrogen-bond acceptors (Lipinski definition) is 6. The van der Waals surface area contributed by atoms with Crippen LogP contribution in [0.5, 0.6) is 0 Å². The van der Waals surface area contributed by atoms with Crippen molar-refractivity contribution in [1.29, 1.82) is 0 Å². The lowest BCUT2D eigenvalue weighted by molar-refractivity contribution is -0.141. The van der Waals surface area contributed by atoms with Gasteiger partial charge < -0.3 is 19.5 Å². The third-order valence-electron chi connectivity index (χ3n) is 1.72. The van der Waals surface area contributed by atoms with E-state index in [1.54, 1.807) is 0 Å². The Labute approximate surface area is 91.3 Å². The molecule has 1 amide bonds. The molecule has 1 N–H and O–H groups in total. The van der Waals surface area contributed by atoms with Crippen LogP contribution in [0.15, 0.2) is 12.2 Å². The van der Waals surface area contributed by atoms with E-state index in [4.69, 9.17) is 9.47 Å². The summed E-state index contributed by atoms with van der Waals surface area (Å²) < 4.78 is 13.7. The Balaban J connectivity index is 2.22. The quantitative estimate of drug-likeness (QED) is 0.392. The summed E-state index contributed by atoms with van der Waals surface area (Å²) >= 11 is 0. The number of carbonyl (C=O) groups is 3. The van der Waals surface area contributed by atoms with Gasteiger partial charge in [0, 0.05) is 12.2 Å². The van der Waals surface area contributed by atoms with Gasteiger partial charge in [-0.05, 0) is 0 Å². The molecule has 1 aliphatic rings. The molecule has 0 aromatic rings. The smallest absolute Gasteiger partial charge is 0.407 e. The molecule has 0 aromatic carbocycles. The SMILES string of the molecule is COC(=O)/C=C/C(=O)OC[C@H]1CNC(=O)O1. The molecule has 7 heteroatoms. The van der Waals surface area contributed by atoms with Crippen molar-refractivity contribution in [1.82, 2.24) is 5.32 Å². The Morgan fingerprint density at radius 1 is 1.50 bits per heavy atom. The number of esters is 2. The molecule has 0 unspecified atom stereocenters. The number of nitrogens with one attached hydrogen (secondary N) is 1. The highest BCUT2D eigenvalue weighted by Crippen LogP contribution is 2.00. The van der Waals surface area contributed by atoms with Gasteiger partial charge in [0.05, 0.1) is 13.7 Å². The molecule has 1 heterocycles. The van der Waals surface area contributed by atoms with Crippen LogP contribution in [0.1, 0.15) is 0 Å². The van der Waals surface area contributed by atoms with Gasteiger partial charge in [0.25, 0.3) is 0 Å². The van der Waals surface area contributed by atoms with Crippen LogP contribution in [0.2, 0.25) is 0 Å². The van der Waals surface area contributed by atoms with Crippen molar-refractivity contribution in [2.45, 2.75) is 6.10 Å². The van der Waals surface area contributed by atoms with Crippen molar-refractivity contribution in [2.75, 3.05) is 20.3 Å². The van der Waals surface area contributed by atoms with Crippen LogP contribution in [-0.4, -0.2) is 44.4 Å². The van der Waals surface area contributed by atoms with Crippen LogP contribution >= 0.6 is 0 Å². The first-order valence-corrected chi connectivity index (χ1v) is 4.49. The Hall–Kier alpha value is -2.05. The number of cyclic esters (lactones) is 1. The molecule has 1 atom stereocenters. The summed E-state index contributed by atoms with van der Waals surface area (Å²) in [6.07, 6.45) is 0.867. The van der Waals surface area contributed by atoms with Crippen molar-refractivity contribution in [2.24, 2.45) is 0 Å². The van der Waals surface area contributed by atoms with Crippen LogP contribution in [0.4, 0.5) is 4.79 Å². The fourth-order valence-electron chi connectivity index (χ4n) is 0.952. The van der Waals surface area contributed by atoms with Gasteiger partial charge in [-0.25, -0.2) is 14.4 Å². The fourth-order valence-corrected chi connectivity index (χ4v) is 0.952.